The second-order valence-corrected chi connectivity index (χ2v) is 7.97. The van der Waals surface area contributed by atoms with E-state index in [0.717, 1.165) is 28.9 Å². The van der Waals surface area contributed by atoms with Gasteiger partial charge < -0.3 is 14.4 Å². The molecule has 2 heterocycles. The van der Waals surface area contributed by atoms with Gasteiger partial charge in [-0.2, -0.15) is 0 Å². The summed E-state index contributed by atoms with van der Waals surface area (Å²) < 4.78 is 11.4. The molecule has 0 radical (unpaired) electrons. The van der Waals surface area contributed by atoms with Gasteiger partial charge in [0.2, 0.25) is 5.91 Å². The molecule has 1 fully saturated rings. The van der Waals surface area contributed by atoms with E-state index in [0.29, 0.717) is 13.0 Å². The number of nitrogens with zero attached hydrogens (tertiary/aromatic N) is 1. The van der Waals surface area contributed by atoms with Gasteiger partial charge in [-0.05, 0) is 40.8 Å². The fraction of sp³-hybridized carbons (Fsp3) is 0.269. The van der Waals surface area contributed by atoms with Gasteiger partial charge in [-0.15, -0.1) is 0 Å². The van der Waals surface area contributed by atoms with Crippen LogP contribution in [0.4, 0.5) is 0 Å². The molecule has 152 valence electrons. The summed E-state index contributed by atoms with van der Waals surface area (Å²) in [5, 5.41) is 0. The summed E-state index contributed by atoms with van der Waals surface area (Å²) in [5.41, 5.74) is 4.56. The Kier molecular flexibility index (Phi) is 5.01. The standard InChI is InChI=1S/C26H25NO3/c1-29-21-13-11-18(12-14-21)15-23-22-10-6-5-9-20(22)16-25-27(26(23)28)24(17-30-25)19-7-3-2-4-8-19/h2-14,23-25H,15-17H2,1H3/t23-,24-,25-/m0/s1. The Hall–Kier alpha value is -3.11. The lowest BCUT2D eigenvalue weighted by molar-refractivity contribution is -0.138. The Morgan fingerprint density at radius 3 is 2.47 bits per heavy atom. The smallest absolute Gasteiger partial charge is 0.233 e. The van der Waals surface area contributed by atoms with Gasteiger partial charge in [-0.3, -0.25) is 4.79 Å². The zero-order valence-corrected chi connectivity index (χ0v) is 17.0. The van der Waals surface area contributed by atoms with Crippen LogP contribution in [0.25, 0.3) is 0 Å². The third-order valence-corrected chi connectivity index (χ3v) is 6.25. The maximum absolute atomic E-state index is 13.9. The Morgan fingerprint density at radius 2 is 1.70 bits per heavy atom. The molecule has 1 saturated heterocycles. The van der Waals surface area contributed by atoms with Gasteiger partial charge in [0.05, 0.1) is 25.7 Å². The van der Waals surface area contributed by atoms with E-state index >= 15 is 0 Å². The number of amides is 1. The maximum atomic E-state index is 13.9. The fourth-order valence-electron chi connectivity index (χ4n) is 4.70. The van der Waals surface area contributed by atoms with E-state index < -0.39 is 0 Å². The second kappa shape index (κ2) is 7.96. The molecule has 0 aromatic heterocycles. The van der Waals surface area contributed by atoms with Crippen molar-refractivity contribution in [2.75, 3.05) is 13.7 Å². The highest BCUT2D eigenvalue weighted by atomic mass is 16.5. The van der Waals surface area contributed by atoms with Gasteiger partial charge in [0.25, 0.3) is 0 Å². The van der Waals surface area contributed by atoms with E-state index in [1.165, 1.54) is 5.56 Å². The summed E-state index contributed by atoms with van der Waals surface area (Å²) in [6.07, 6.45) is 1.17. The molecule has 4 heteroatoms. The Balaban J connectivity index is 1.53. The molecule has 3 aromatic rings. The van der Waals surface area contributed by atoms with Crippen LogP contribution in [-0.4, -0.2) is 30.8 Å². The SMILES string of the molecule is COc1ccc(C[C@@H]2C(=O)N3[C@H](Cc4ccccc42)OC[C@H]3c2ccccc2)cc1. The van der Waals surface area contributed by atoms with Gasteiger partial charge >= 0.3 is 0 Å². The van der Waals surface area contributed by atoms with Gasteiger partial charge in [-0.25, -0.2) is 0 Å². The number of hydrogen-bond donors (Lipinski definition) is 0. The molecular formula is C26H25NO3. The van der Waals surface area contributed by atoms with Gasteiger partial charge in [0.1, 0.15) is 12.0 Å². The van der Waals surface area contributed by atoms with Crippen LogP contribution < -0.4 is 4.74 Å². The third kappa shape index (κ3) is 3.37. The summed E-state index contributed by atoms with van der Waals surface area (Å²) in [6, 6.07) is 26.5. The zero-order chi connectivity index (χ0) is 20.5. The van der Waals surface area contributed by atoms with Gasteiger partial charge in [-0.1, -0.05) is 66.7 Å². The minimum atomic E-state index is -0.229. The molecule has 0 spiro atoms. The lowest BCUT2D eigenvalue weighted by Gasteiger charge is -2.29. The number of hydrogen-bond acceptors (Lipinski definition) is 3. The van der Waals surface area contributed by atoms with E-state index in [2.05, 4.69) is 24.3 Å². The number of carbonyl (C=O) groups excluding carboxylic acids is 1. The third-order valence-electron chi connectivity index (χ3n) is 6.25. The molecule has 4 nitrogen and oxygen atoms in total. The predicted molar refractivity (Wildman–Crippen MR) is 115 cm³/mol. The lowest BCUT2D eigenvalue weighted by atomic mass is 9.88. The molecular weight excluding hydrogens is 374 g/mol. The van der Waals surface area contributed by atoms with Crippen molar-refractivity contribution in [1.29, 1.82) is 0 Å². The summed E-state index contributed by atoms with van der Waals surface area (Å²) in [6.45, 7) is 0.540. The molecule has 0 unspecified atom stereocenters. The minimum absolute atomic E-state index is 0.0450. The molecule has 0 bridgehead atoms. The Bertz CT molecular complexity index is 1030. The number of benzene rings is 3. The normalized spacial score (nSPS) is 22.9. The molecule has 30 heavy (non-hydrogen) atoms. The van der Waals surface area contributed by atoms with Crippen LogP contribution in [-0.2, 0) is 22.4 Å². The lowest BCUT2D eigenvalue weighted by Crippen LogP contribution is -2.40. The van der Waals surface area contributed by atoms with Crippen LogP contribution in [0.2, 0.25) is 0 Å². The van der Waals surface area contributed by atoms with Crippen molar-refractivity contribution in [2.24, 2.45) is 0 Å². The quantitative estimate of drug-likeness (QED) is 0.648. The average molecular weight is 399 g/mol. The van der Waals surface area contributed by atoms with Crippen molar-refractivity contribution in [3.63, 3.8) is 0 Å². The Morgan fingerprint density at radius 1 is 0.967 bits per heavy atom. The van der Waals surface area contributed by atoms with E-state index in [1.807, 2.05) is 59.5 Å². The highest BCUT2D eigenvalue weighted by Gasteiger charge is 2.44. The maximum Gasteiger partial charge on any atom is 0.233 e. The number of fused-ring (bicyclic) bond motifs is 2. The van der Waals surface area contributed by atoms with Crippen LogP contribution in [0.3, 0.4) is 0 Å². The van der Waals surface area contributed by atoms with Crippen molar-refractivity contribution in [3.05, 3.63) is 101 Å². The number of methoxy groups -OCH3 is 1. The number of ether oxygens (including phenoxy) is 2. The van der Waals surface area contributed by atoms with Crippen LogP contribution in [0, 0.1) is 0 Å². The monoisotopic (exact) mass is 399 g/mol. The van der Waals surface area contributed by atoms with Crippen LogP contribution in [0.1, 0.15) is 34.2 Å². The van der Waals surface area contributed by atoms with E-state index in [9.17, 15) is 4.79 Å². The molecule has 3 atom stereocenters. The van der Waals surface area contributed by atoms with Crippen LogP contribution in [0.5, 0.6) is 5.75 Å². The summed E-state index contributed by atoms with van der Waals surface area (Å²) in [5.74, 6) is 0.739. The molecule has 2 aliphatic rings. The minimum Gasteiger partial charge on any atom is -0.497 e. The number of carbonyl (C=O) groups is 1. The van der Waals surface area contributed by atoms with Gasteiger partial charge in [0.15, 0.2) is 0 Å². The van der Waals surface area contributed by atoms with E-state index in [1.54, 1.807) is 7.11 Å². The summed E-state index contributed by atoms with van der Waals surface area (Å²) in [4.78, 5) is 15.9. The first-order valence-electron chi connectivity index (χ1n) is 10.4. The predicted octanol–water partition coefficient (Wildman–Crippen LogP) is 4.50. The van der Waals surface area contributed by atoms with Crippen molar-refractivity contribution < 1.29 is 14.3 Å². The zero-order valence-electron chi connectivity index (χ0n) is 17.0. The molecule has 1 amide bonds. The number of rotatable bonds is 4. The average Bonchev–Trinajstić information content (AvgIpc) is 3.17. The van der Waals surface area contributed by atoms with Crippen LogP contribution >= 0.6 is 0 Å². The van der Waals surface area contributed by atoms with Gasteiger partial charge in [0, 0.05) is 6.42 Å². The molecule has 5 rings (SSSR count). The van der Waals surface area contributed by atoms with Crippen molar-refractivity contribution in [2.45, 2.75) is 31.0 Å². The van der Waals surface area contributed by atoms with E-state index in [4.69, 9.17) is 9.47 Å². The van der Waals surface area contributed by atoms with E-state index in [-0.39, 0.29) is 24.1 Å². The largest absolute Gasteiger partial charge is 0.497 e. The highest BCUT2D eigenvalue weighted by Crippen LogP contribution is 2.40. The molecule has 0 saturated carbocycles. The fourth-order valence-corrected chi connectivity index (χ4v) is 4.70. The van der Waals surface area contributed by atoms with Crippen molar-refractivity contribution in [3.8, 4) is 5.75 Å². The topological polar surface area (TPSA) is 38.8 Å². The van der Waals surface area contributed by atoms with Crippen LogP contribution in [0.15, 0.2) is 78.9 Å². The highest BCUT2D eigenvalue weighted by molar-refractivity contribution is 5.86. The molecule has 2 aliphatic heterocycles. The first-order valence-corrected chi connectivity index (χ1v) is 10.4. The molecule has 3 aromatic carbocycles. The first kappa shape index (κ1) is 18.9. The summed E-state index contributed by atoms with van der Waals surface area (Å²) >= 11 is 0. The van der Waals surface area contributed by atoms with Crippen molar-refractivity contribution in [1.82, 2.24) is 4.90 Å². The molecule has 0 aliphatic carbocycles. The Labute approximate surface area is 177 Å². The molecule has 0 N–H and O–H groups in total. The first-order chi connectivity index (χ1) is 14.7. The second-order valence-electron chi connectivity index (χ2n) is 7.97. The summed E-state index contributed by atoms with van der Waals surface area (Å²) in [7, 11) is 1.66. The van der Waals surface area contributed by atoms with Crippen molar-refractivity contribution >= 4 is 5.91 Å².